The van der Waals surface area contributed by atoms with Crippen molar-refractivity contribution in [1.29, 1.82) is 0 Å². The van der Waals surface area contributed by atoms with Crippen LogP contribution in [-0.4, -0.2) is 22.0 Å². The number of nitrogens with zero attached hydrogens (tertiary/aromatic N) is 1. The zero-order valence-corrected chi connectivity index (χ0v) is 14.5. The molecule has 2 heterocycles. The van der Waals surface area contributed by atoms with E-state index in [4.69, 9.17) is 0 Å². The first kappa shape index (κ1) is 18.0. The van der Waals surface area contributed by atoms with Crippen LogP contribution in [0.4, 0.5) is 8.78 Å². The molecule has 1 aromatic heterocycles. The van der Waals surface area contributed by atoms with Crippen LogP contribution in [0.25, 0.3) is 0 Å². The van der Waals surface area contributed by atoms with Gasteiger partial charge in [-0.15, -0.1) is 8.78 Å². The van der Waals surface area contributed by atoms with Gasteiger partial charge in [-0.05, 0) is 36.5 Å². The Morgan fingerprint density at radius 3 is 2.58 bits per heavy atom. The van der Waals surface area contributed by atoms with Crippen LogP contribution in [0.3, 0.4) is 0 Å². The number of aromatic nitrogens is 2. The van der Waals surface area contributed by atoms with Gasteiger partial charge in [0.2, 0.25) is 0 Å². The van der Waals surface area contributed by atoms with E-state index in [1.807, 2.05) is 13.8 Å². The summed E-state index contributed by atoms with van der Waals surface area (Å²) in [6, 6.07) is 5.66. The van der Waals surface area contributed by atoms with Crippen LogP contribution in [0, 0.1) is 12.8 Å². The lowest BCUT2D eigenvalue weighted by Gasteiger charge is -2.21. The first-order valence-corrected chi connectivity index (χ1v) is 8.15. The lowest BCUT2D eigenvalue weighted by atomic mass is 9.84. The number of hydrogen-bond acceptors (Lipinski definition) is 5. The fraction of sp³-hybridized carbons (Fsp3) is 0.389. The molecule has 0 saturated heterocycles. The van der Waals surface area contributed by atoms with Crippen LogP contribution in [0.1, 0.15) is 48.1 Å². The molecule has 6 nitrogen and oxygen atoms in total. The molecule has 1 atom stereocenters. The Labute approximate surface area is 148 Å². The van der Waals surface area contributed by atoms with E-state index in [1.165, 1.54) is 12.1 Å². The topological polar surface area (TPSA) is 81.3 Å². The molecule has 1 aliphatic heterocycles. The van der Waals surface area contributed by atoms with Crippen molar-refractivity contribution in [3.63, 3.8) is 0 Å². The smallest absolute Gasteiger partial charge is 0.395 e. The maximum atomic E-state index is 13.2. The van der Waals surface area contributed by atoms with Crippen molar-refractivity contribution < 1.29 is 23.0 Å². The molecule has 138 valence electrons. The van der Waals surface area contributed by atoms with Gasteiger partial charge in [0.1, 0.15) is 11.5 Å². The maximum absolute atomic E-state index is 13.2. The predicted octanol–water partition coefficient (Wildman–Crippen LogP) is 3.41. The molecular weight excluding hydrogens is 346 g/mol. The Hall–Kier alpha value is -2.77. The molecule has 8 heteroatoms. The number of aryl methyl sites for hydroxylation is 1. The zero-order valence-electron chi connectivity index (χ0n) is 14.5. The summed E-state index contributed by atoms with van der Waals surface area (Å²) in [7, 11) is 0. The number of nitrogens with one attached hydrogen (secondary N) is 1. The van der Waals surface area contributed by atoms with E-state index in [2.05, 4.69) is 19.4 Å². The van der Waals surface area contributed by atoms with Gasteiger partial charge in [-0.25, -0.2) is 4.98 Å². The molecule has 0 unspecified atom stereocenters. The number of Topliss-reactive ketones (excluding diaryl/α,β-unsaturated/α-hetero) is 1. The van der Waals surface area contributed by atoms with Crippen LogP contribution >= 0.6 is 0 Å². The molecule has 0 radical (unpaired) electrons. The summed E-state index contributed by atoms with van der Waals surface area (Å²) in [5, 5.41) is 0. The minimum atomic E-state index is -3.68. The third-order valence-electron chi connectivity index (χ3n) is 4.21. The number of carbonyl (C=O) groups is 1. The third kappa shape index (κ3) is 3.74. The first-order valence-electron chi connectivity index (χ1n) is 8.15. The van der Waals surface area contributed by atoms with Crippen molar-refractivity contribution in [2.45, 2.75) is 39.4 Å². The molecule has 1 N–H and O–H groups in total. The van der Waals surface area contributed by atoms with E-state index in [1.54, 1.807) is 13.0 Å². The van der Waals surface area contributed by atoms with Crippen molar-refractivity contribution in [2.24, 2.45) is 5.92 Å². The minimum absolute atomic E-state index is 0.0422. The molecule has 0 fully saturated rings. The van der Waals surface area contributed by atoms with Gasteiger partial charge < -0.3 is 14.5 Å². The number of fused-ring (bicyclic) bond motifs is 1. The number of halogens is 2. The SMILES string of the molecule is Cc1nc(C(=O)C[C@@H](c2ccc3c(c2)OC(F)(F)O3)C(C)C)cc(=O)[nH]1. The van der Waals surface area contributed by atoms with Gasteiger partial charge >= 0.3 is 6.29 Å². The maximum Gasteiger partial charge on any atom is 0.586 e. The standard InChI is InChI=1S/C18H18F2N2O4/c1-9(2)12(7-14(23)13-8-17(24)22-10(3)21-13)11-4-5-15-16(6-11)26-18(19,20)25-15/h4-6,8-9,12H,7H2,1-3H3,(H,21,22,24)/t12-/m1/s1. The highest BCUT2D eigenvalue weighted by atomic mass is 19.3. The molecule has 2 aromatic rings. The molecule has 3 rings (SSSR count). The third-order valence-corrected chi connectivity index (χ3v) is 4.21. The first-order chi connectivity index (χ1) is 12.1. The Kier molecular flexibility index (Phi) is 4.52. The largest absolute Gasteiger partial charge is 0.586 e. The van der Waals surface area contributed by atoms with Gasteiger partial charge in [0.05, 0.1) is 0 Å². The van der Waals surface area contributed by atoms with Gasteiger partial charge in [-0.1, -0.05) is 19.9 Å². The number of carbonyl (C=O) groups excluding carboxylic acids is 1. The summed E-state index contributed by atoms with van der Waals surface area (Å²) in [5.74, 6) is -0.252. The van der Waals surface area contributed by atoms with Crippen LogP contribution in [0.5, 0.6) is 11.5 Å². The normalized spacial score (nSPS) is 15.9. The van der Waals surface area contributed by atoms with E-state index in [-0.39, 0.29) is 41.2 Å². The molecule has 0 amide bonds. The van der Waals surface area contributed by atoms with E-state index in [0.717, 1.165) is 6.07 Å². The number of ketones is 1. The van der Waals surface area contributed by atoms with Gasteiger partial charge in [0.25, 0.3) is 5.56 Å². The molecule has 26 heavy (non-hydrogen) atoms. The number of aromatic amines is 1. The predicted molar refractivity (Wildman–Crippen MR) is 88.8 cm³/mol. The monoisotopic (exact) mass is 364 g/mol. The van der Waals surface area contributed by atoms with E-state index in [9.17, 15) is 18.4 Å². The highest BCUT2D eigenvalue weighted by Crippen LogP contribution is 2.43. The number of benzene rings is 1. The van der Waals surface area contributed by atoms with Crippen LogP contribution in [0.2, 0.25) is 0 Å². The average Bonchev–Trinajstić information content (AvgIpc) is 2.83. The number of hydrogen-bond donors (Lipinski definition) is 1. The van der Waals surface area contributed by atoms with Crippen molar-refractivity contribution >= 4 is 5.78 Å². The number of ether oxygens (including phenoxy) is 2. The van der Waals surface area contributed by atoms with Crippen molar-refractivity contribution in [3.8, 4) is 11.5 Å². The lowest BCUT2D eigenvalue weighted by Crippen LogP contribution is -2.25. The summed E-state index contributed by atoms with van der Waals surface area (Å²) in [5.41, 5.74) is 0.367. The molecular formula is C18H18F2N2O4. The second kappa shape index (κ2) is 6.51. The Morgan fingerprint density at radius 2 is 1.92 bits per heavy atom. The second-order valence-electron chi connectivity index (χ2n) is 6.57. The fourth-order valence-electron chi connectivity index (χ4n) is 2.96. The Bertz CT molecular complexity index is 908. The van der Waals surface area contributed by atoms with Gasteiger partial charge in [-0.3, -0.25) is 9.59 Å². The van der Waals surface area contributed by atoms with Crippen LogP contribution < -0.4 is 15.0 Å². The highest BCUT2D eigenvalue weighted by molar-refractivity contribution is 5.94. The van der Waals surface area contributed by atoms with E-state index < -0.39 is 11.9 Å². The quantitative estimate of drug-likeness (QED) is 0.823. The molecule has 0 aliphatic carbocycles. The van der Waals surface area contributed by atoms with Crippen LogP contribution in [0.15, 0.2) is 29.1 Å². The van der Waals surface area contributed by atoms with E-state index >= 15 is 0 Å². The second-order valence-corrected chi connectivity index (χ2v) is 6.57. The summed E-state index contributed by atoms with van der Waals surface area (Å²) < 4.78 is 35.3. The van der Waals surface area contributed by atoms with E-state index in [0.29, 0.717) is 11.4 Å². The average molecular weight is 364 g/mol. The zero-order chi connectivity index (χ0) is 19.1. The molecule has 0 bridgehead atoms. The van der Waals surface area contributed by atoms with Crippen LogP contribution in [-0.2, 0) is 0 Å². The highest BCUT2D eigenvalue weighted by Gasteiger charge is 2.43. The fourth-order valence-corrected chi connectivity index (χ4v) is 2.96. The van der Waals surface area contributed by atoms with Crippen molar-refractivity contribution in [2.75, 3.05) is 0 Å². The lowest BCUT2D eigenvalue weighted by molar-refractivity contribution is -0.286. The Balaban J connectivity index is 1.87. The minimum Gasteiger partial charge on any atom is -0.395 e. The van der Waals surface area contributed by atoms with Gasteiger partial charge in [-0.2, -0.15) is 0 Å². The number of rotatable bonds is 5. The molecule has 0 saturated carbocycles. The summed E-state index contributed by atoms with van der Waals surface area (Å²) in [6.07, 6.45) is -3.60. The summed E-state index contributed by atoms with van der Waals surface area (Å²) in [6.45, 7) is 5.44. The molecule has 1 aromatic carbocycles. The van der Waals surface area contributed by atoms with Gasteiger partial charge in [0, 0.05) is 12.5 Å². The summed E-state index contributed by atoms with van der Waals surface area (Å²) in [4.78, 5) is 30.7. The van der Waals surface area contributed by atoms with Gasteiger partial charge in [0.15, 0.2) is 17.3 Å². The molecule has 1 aliphatic rings. The number of H-pyrrole nitrogens is 1. The summed E-state index contributed by atoms with van der Waals surface area (Å²) >= 11 is 0. The Morgan fingerprint density at radius 1 is 1.23 bits per heavy atom. The number of alkyl halides is 2. The molecule has 0 spiro atoms. The van der Waals surface area contributed by atoms with Crippen molar-refractivity contribution in [1.82, 2.24) is 9.97 Å². The van der Waals surface area contributed by atoms with Crippen molar-refractivity contribution in [3.05, 3.63) is 51.7 Å².